The van der Waals surface area contributed by atoms with Crippen molar-refractivity contribution in [2.45, 2.75) is 13.5 Å². The van der Waals surface area contributed by atoms with Gasteiger partial charge in [-0.05, 0) is 6.92 Å². The summed E-state index contributed by atoms with van der Waals surface area (Å²) in [7, 11) is 1.24. The molecular weight excluding hydrogens is 208 g/mol. The van der Waals surface area contributed by atoms with Crippen molar-refractivity contribution in [1.82, 2.24) is 9.78 Å². The van der Waals surface area contributed by atoms with Crippen LogP contribution in [-0.2, 0) is 9.53 Å². The summed E-state index contributed by atoms with van der Waals surface area (Å²) in [5, 5.41) is 6.13. The number of nitrogens with zero attached hydrogens (tertiary/aromatic N) is 2. The summed E-state index contributed by atoms with van der Waals surface area (Å²) in [4.78, 5) is 10.7. The van der Waals surface area contributed by atoms with Gasteiger partial charge in [-0.25, -0.2) is 4.68 Å². The molecule has 0 spiro atoms. The number of hydrogen-bond acceptors (Lipinski definition) is 4. The Morgan fingerprint density at radius 1 is 1.73 bits per heavy atom. The van der Waals surface area contributed by atoms with Crippen molar-refractivity contribution in [2.75, 3.05) is 19.0 Å². The summed E-state index contributed by atoms with van der Waals surface area (Å²) in [5.41, 5.74) is 0.317. The summed E-state index contributed by atoms with van der Waals surface area (Å²) < 4.78 is 29.5. The van der Waals surface area contributed by atoms with Crippen LogP contribution in [0.15, 0.2) is 6.07 Å². The summed E-state index contributed by atoms with van der Waals surface area (Å²) in [6.07, 6.45) is 0. The van der Waals surface area contributed by atoms with Gasteiger partial charge in [0, 0.05) is 11.8 Å². The Hall–Kier alpha value is -1.66. The van der Waals surface area contributed by atoms with Crippen LogP contribution >= 0.6 is 0 Å². The van der Waals surface area contributed by atoms with Crippen molar-refractivity contribution >= 4 is 11.8 Å². The highest BCUT2D eigenvalue weighted by molar-refractivity contribution is 5.74. The molecule has 0 amide bonds. The van der Waals surface area contributed by atoms with Gasteiger partial charge in [0.2, 0.25) is 0 Å². The maximum absolute atomic E-state index is 12.3. The van der Waals surface area contributed by atoms with Crippen molar-refractivity contribution in [3.8, 4) is 0 Å². The molecule has 0 atom stereocenters. The number of alkyl halides is 2. The molecule has 0 aromatic carbocycles. The third-order valence-corrected chi connectivity index (χ3v) is 1.75. The van der Waals surface area contributed by atoms with E-state index in [-0.39, 0.29) is 12.4 Å². The summed E-state index contributed by atoms with van der Waals surface area (Å²) in [6, 6.07) is 1.43. The van der Waals surface area contributed by atoms with Gasteiger partial charge in [0.15, 0.2) is 0 Å². The molecule has 0 aliphatic heterocycles. The third kappa shape index (κ3) is 2.90. The van der Waals surface area contributed by atoms with Crippen molar-refractivity contribution in [3.05, 3.63) is 11.8 Å². The quantitative estimate of drug-likeness (QED) is 0.772. The number of esters is 1. The van der Waals surface area contributed by atoms with Crippen molar-refractivity contribution in [3.63, 3.8) is 0 Å². The average Bonchev–Trinajstić information content (AvgIpc) is 2.56. The Kier molecular flexibility index (Phi) is 3.59. The molecule has 0 radical (unpaired) electrons. The Balaban J connectivity index is 2.63. The van der Waals surface area contributed by atoms with E-state index in [9.17, 15) is 13.6 Å². The van der Waals surface area contributed by atoms with E-state index in [4.69, 9.17) is 0 Å². The Morgan fingerprint density at radius 2 is 2.40 bits per heavy atom. The highest BCUT2D eigenvalue weighted by Gasteiger charge is 2.12. The molecule has 0 saturated carbocycles. The van der Waals surface area contributed by atoms with E-state index in [0.717, 1.165) is 0 Å². The average molecular weight is 219 g/mol. The largest absolute Gasteiger partial charge is 0.468 e. The zero-order valence-corrected chi connectivity index (χ0v) is 8.33. The van der Waals surface area contributed by atoms with Crippen LogP contribution < -0.4 is 5.32 Å². The third-order valence-electron chi connectivity index (χ3n) is 1.75. The number of halogens is 2. The highest BCUT2D eigenvalue weighted by Crippen LogP contribution is 2.15. The number of aryl methyl sites for hydroxylation is 1. The first-order chi connectivity index (χ1) is 7.04. The second-order valence-corrected chi connectivity index (χ2v) is 2.82. The first-order valence-electron chi connectivity index (χ1n) is 4.19. The zero-order valence-electron chi connectivity index (χ0n) is 8.33. The number of aromatic nitrogens is 2. The van der Waals surface area contributed by atoms with E-state index in [1.54, 1.807) is 0 Å². The molecule has 84 valence electrons. The monoisotopic (exact) mass is 219 g/mol. The molecule has 1 heterocycles. The lowest BCUT2D eigenvalue weighted by Gasteiger charge is -2.01. The van der Waals surface area contributed by atoms with Crippen LogP contribution in [0.1, 0.15) is 12.2 Å². The molecule has 1 aromatic rings. The predicted octanol–water partition coefficient (Wildman–Crippen LogP) is 1.17. The fraction of sp³-hybridized carbons (Fsp3) is 0.500. The summed E-state index contributed by atoms with van der Waals surface area (Å²) >= 11 is 0. The molecule has 0 bridgehead atoms. The minimum atomic E-state index is -2.68. The molecule has 7 heteroatoms. The van der Waals surface area contributed by atoms with Gasteiger partial charge in [0.25, 0.3) is 0 Å². The molecule has 0 fully saturated rings. The van der Waals surface area contributed by atoms with Crippen LogP contribution in [-0.4, -0.2) is 29.4 Å². The second kappa shape index (κ2) is 4.72. The van der Waals surface area contributed by atoms with Gasteiger partial charge in [0.1, 0.15) is 12.4 Å². The molecule has 0 unspecified atom stereocenters. The van der Waals surface area contributed by atoms with Crippen LogP contribution in [0.3, 0.4) is 0 Å². The minimum absolute atomic E-state index is 0.101. The SMILES string of the molecule is COC(=O)CNc1cc(C)n(C(F)F)n1. The van der Waals surface area contributed by atoms with E-state index in [1.165, 1.54) is 20.1 Å². The number of carbonyl (C=O) groups excluding carboxylic acids is 1. The van der Waals surface area contributed by atoms with Gasteiger partial charge in [0.05, 0.1) is 7.11 Å². The van der Waals surface area contributed by atoms with Crippen LogP contribution in [0.2, 0.25) is 0 Å². The number of ether oxygens (including phenoxy) is 1. The predicted molar refractivity (Wildman–Crippen MR) is 48.7 cm³/mol. The lowest BCUT2D eigenvalue weighted by Crippen LogP contribution is -2.15. The molecule has 0 aliphatic rings. The van der Waals surface area contributed by atoms with E-state index >= 15 is 0 Å². The van der Waals surface area contributed by atoms with E-state index in [0.29, 0.717) is 10.4 Å². The van der Waals surface area contributed by atoms with Crippen molar-refractivity contribution in [1.29, 1.82) is 0 Å². The topological polar surface area (TPSA) is 56.1 Å². The van der Waals surface area contributed by atoms with Crippen LogP contribution in [0.25, 0.3) is 0 Å². The van der Waals surface area contributed by atoms with Gasteiger partial charge in [-0.3, -0.25) is 4.79 Å². The fourth-order valence-electron chi connectivity index (χ4n) is 1.01. The minimum Gasteiger partial charge on any atom is -0.468 e. The van der Waals surface area contributed by atoms with Gasteiger partial charge in [-0.15, -0.1) is 0 Å². The maximum atomic E-state index is 12.3. The summed E-state index contributed by atoms with van der Waals surface area (Å²) in [6.45, 7) is -1.28. The van der Waals surface area contributed by atoms with Gasteiger partial charge >= 0.3 is 12.5 Å². The lowest BCUT2D eigenvalue weighted by atomic mass is 10.4. The number of anilines is 1. The normalized spacial score (nSPS) is 10.5. The van der Waals surface area contributed by atoms with E-state index in [1.807, 2.05) is 0 Å². The molecule has 1 rings (SSSR count). The van der Waals surface area contributed by atoms with Crippen LogP contribution in [0.5, 0.6) is 0 Å². The van der Waals surface area contributed by atoms with E-state index < -0.39 is 12.5 Å². The maximum Gasteiger partial charge on any atom is 0.333 e. The van der Waals surface area contributed by atoms with Gasteiger partial charge in [-0.2, -0.15) is 13.9 Å². The molecule has 1 N–H and O–H groups in total. The van der Waals surface area contributed by atoms with E-state index in [2.05, 4.69) is 15.2 Å². The molecule has 0 aliphatic carbocycles. The number of methoxy groups -OCH3 is 1. The van der Waals surface area contributed by atoms with Crippen molar-refractivity contribution in [2.24, 2.45) is 0 Å². The number of hydrogen-bond donors (Lipinski definition) is 1. The second-order valence-electron chi connectivity index (χ2n) is 2.82. The highest BCUT2D eigenvalue weighted by atomic mass is 19.3. The van der Waals surface area contributed by atoms with Gasteiger partial charge < -0.3 is 10.1 Å². The molecular formula is C8H11F2N3O2. The molecule has 0 saturated heterocycles. The summed E-state index contributed by atoms with van der Waals surface area (Å²) in [5.74, 6) is -0.266. The van der Waals surface area contributed by atoms with Crippen LogP contribution in [0.4, 0.5) is 14.6 Å². The lowest BCUT2D eigenvalue weighted by molar-refractivity contribution is -0.138. The standard InChI is InChI=1S/C8H11F2N3O2/c1-5-3-6(11-4-7(14)15-2)12-13(5)8(9)10/h3,8H,4H2,1-2H3,(H,11,12). The Labute approximate surface area is 85.0 Å². The Morgan fingerprint density at radius 3 is 2.87 bits per heavy atom. The first-order valence-corrected chi connectivity index (χ1v) is 4.19. The van der Waals surface area contributed by atoms with Crippen molar-refractivity contribution < 1.29 is 18.3 Å². The molecule has 15 heavy (non-hydrogen) atoms. The Bertz CT molecular complexity index is 352. The first kappa shape index (κ1) is 11.4. The number of carbonyl (C=O) groups is 1. The fourth-order valence-corrected chi connectivity index (χ4v) is 1.01. The number of nitrogens with one attached hydrogen (secondary N) is 1. The zero-order chi connectivity index (χ0) is 11.4. The van der Waals surface area contributed by atoms with Crippen LogP contribution in [0, 0.1) is 6.92 Å². The molecule has 1 aromatic heterocycles. The smallest absolute Gasteiger partial charge is 0.333 e. The number of rotatable bonds is 4. The van der Waals surface area contributed by atoms with Gasteiger partial charge in [-0.1, -0.05) is 0 Å². The molecule has 5 nitrogen and oxygen atoms in total.